The normalized spacial score (nSPS) is 12.5. The second kappa shape index (κ2) is 13.9. The number of aliphatic carboxylic acids is 1. The van der Waals surface area contributed by atoms with Gasteiger partial charge in [0.25, 0.3) is 0 Å². The van der Waals surface area contributed by atoms with Crippen LogP contribution in [0.2, 0.25) is 0 Å². The first-order chi connectivity index (χ1) is 9.16. The molecule has 0 radical (unpaired) electrons. The fourth-order valence-corrected chi connectivity index (χ4v) is 2.54. The van der Waals surface area contributed by atoms with E-state index in [1.807, 2.05) is 0 Å². The first-order valence-electron chi connectivity index (χ1n) is 8.38. The summed E-state index contributed by atoms with van der Waals surface area (Å²) < 4.78 is 0. The molecule has 0 fully saturated rings. The molecule has 2 heteroatoms. The first-order valence-corrected chi connectivity index (χ1v) is 8.38. The molecule has 1 N–H and O–H groups in total. The standard InChI is InChI=1S/C17H34O2/c1-3-4-5-10-13-16(2)14-11-8-6-7-9-12-15-17(18)19/h16H,3-15H2,1-2H3,(H,18,19)/t16-/m1/s1. The highest BCUT2D eigenvalue weighted by Gasteiger charge is 2.02. The third-order valence-electron chi connectivity index (χ3n) is 3.89. The van der Waals surface area contributed by atoms with Crippen molar-refractivity contribution in [2.24, 2.45) is 5.92 Å². The van der Waals surface area contributed by atoms with Crippen LogP contribution < -0.4 is 0 Å². The lowest BCUT2D eigenvalue weighted by Gasteiger charge is -2.10. The van der Waals surface area contributed by atoms with Gasteiger partial charge in [-0.25, -0.2) is 0 Å². The highest BCUT2D eigenvalue weighted by atomic mass is 16.4. The summed E-state index contributed by atoms with van der Waals surface area (Å²) in [6.45, 7) is 4.65. The summed E-state index contributed by atoms with van der Waals surface area (Å²) >= 11 is 0. The summed E-state index contributed by atoms with van der Waals surface area (Å²) in [5.41, 5.74) is 0. The van der Waals surface area contributed by atoms with Crippen LogP contribution in [0, 0.1) is 5.92 Å². The molecule has 0 saturated carbocycles. The van der Waals surface area contributed by atoms with Crippen molar-refractivity contribution in [1.82, 2.24) is 0 Å². The van der Waals surface area contributed by atoms with Gasteiger partial charge in [-0.05, 0) is 12.3 Å². The molecule has 0 bridgehead atoms. The molecule has 0 aliphatic rings. The predicted molar refractivity (Wildman–Crippen MR) is 82.5 cm³/mol. The lowest BCUT2D eigenvalue weighted by atomic mass is 9.96. The van der Waals surface area contributed by atoms with Crippen LogP contribution in [0.5, 0.6) is 0 Å². The van der Waals surface area contributed by atoms with Gasteiger partial charge in [-0.15, -0.1) is 0 Å². The Labute approximate surface area is 120 Å². The third kappa shape index (κ3) is 15.4. The summed E-state index contributed by atoms with van der Waals surface area (Å²) in [5, 5.41) is 8.52. The maximum Gasteiger partial charge on any atom is 0.303 e. The van der Waals surface area contributed by atoms with E-state index in [1.54, 1.807) is 0 Å². The zero-order valence-corrected chi connectivity index (χ0v) is 13.1. The van der Waals surface area contributed by atoms with E-state index in [-0.39, 0.29) is 0 Å². The number of carboxylic acids is 1. The average Bonchev–Trinajstić information content (AvgIpc) is 2.37. The first kappa shape index (κ1) is 18.5. The van der Waals surface area contributed by atoms with Crippen molar-refractivity contribution in [3.05, 3.63) is 0 Å². The van der Waals surface area contributed by atoms with Crippen molar-refractivity contribution < 1.29 is 9.90 Å². The largest absolute Gasteiger partial charge is 0.481 e. The Balaban J connectivity index is 3.14. The van der Waals surface area contributed by atoms with Gasteiger partial charge in [0, 0.05) is 6.42 Å². The zero-order chi connectivity index (χ0) is 14.3. The molecule has 19 heavy (non-hydrogen) atoms. The van der Waals surface area contributed by atoms with Gasteiger partial charge >= 0.3 is 5.97 Å². The fourth-order valence-electron chi connectivity index (χ4n) is 2.54. The van der Waals surface area contributed by atoms with E-state index in [0.717, 1.165) is 18.8 Å². The quantitative estimate of drug-likeness (QED) is 0.405. The van der Waals surface area contributed by atoms with Gasteiger partial charge in [0.15, 0.2) is 0 Å². The maximum atomic E-state index is 10.3. The number of carbonyl (C=O) groups is 1. The fraction of sp³-hybridized carbons (Fsp3) is 0.941. The average molecular weight is 270 g/mol. The number of hydrogen-bond acceptors (Lipinski definition) is 1. The molecule has 0 amide bonds. The number of hydrogen-bond donors (Lipinski definition) is 1. The van der Waals surface area contributed by atoms with E-state index < -0.39 is 5.97 Å². The van der Waals surface area contributed by atoms with Crippen molar-refractivity contribution in [3.63, 3.8) is 0 Å². The van der Waals surface area contributed by atoms with Gasteiger partial charge < -0.3 is 5.11 Å². The Morgan fingerprint density at radius 1 is 0.842 bits per heavy atom. The monoisotopic (exact) mass is 270 g/mol. The molecule has 0 rings (SSSR count). The van der Waals surface area contributed by atoms with Crippen molar-refractivity contribution in [3.8, 4) is 0 Å². The van der Waals surface area contributed by atoms with Crippen LogP contribution in [0.1, 0.15) is 97.3 Å². The van der Waals surface area contributed by atoms with Crippen molar-refractivity contribution >= 4 is 5.97 Å². The lowest BCUT2D eigenvalue weighted by Crippen LogP contribution is -1.95. The Bertz CT molecular complexity index is 201. The van der Waals surface area contributed by atoms with Gasteiger partial charge in [0.1, 0.15) is 0 Å². The molecule has 0 aliphatic carbocycles. The number of unbranched alkanes of at least 4 members (excludes halogenated alkanes) is 8. The second-order valence-electron chi connectivity index (χ2n) is 6.01. The summed E-state index contributed by atoms with van der Waals surface area (Å²) in [4.78, 5) is 10.3. The van der Waals surface area contributed by atoms with E-state index in [9.17, 15) is 4.79 Å². The van der Waals surface area contributed by atoms with E-state index in [0.29, 0.717) is 6.42 Å². The second-order valence-corrected chi connectivity index (χ2v) is 6.01. The van der Waals surface area contributed by atoms with Crippen LogP contribution in [0.15, 0.2) is 0 Å². The summed E-state index contributed by atoms with van der Waals surface area (Å²) in [5.74, 6) is 0.237. The Hall–Kier alpha value is -0.530. The van der Waals surface area contributed by atoms with Crippen molar-refractivity contribution in [2.45, 2.75) is 97.3 Å². The molecule has 0 unspecified atom stereocenters. The number of rotatable bonds is 14. The Morgan fingerprint density at radius 2 is 1.32 bits per heavy atom. The van der Waals surface area contributed by atoms with E-state index in [1.165, 1.54) is 64.2 Å². The molecule has 0 aromatic rings. The van der Waals surface area contributed by atoms with Crippen LogP contribution in [0.3, 0.4) is 0 Å². The number of carboxylic acid groups (broad SMARTS) is 1. The highest BCUT2D eigenvalue weighted by Crippen LogP contribution is 2.18. The highest BCUT2D eigenvalue weighted by molar-refractivity contribution is 5.66. The summed E-state index contributed by atoms with van der Waals surface area (Å²) in [6.07, 6.45) is 15.8. The molecule has 0 aromatic carbocycles. The summed E-state index contributed by atoms with van der Waals surface area (Å²) in [6, 6.07) is 0. The minimum atomic E-state index is -0.656. The predicted octanol–water partition coefficient (Wildman–Crippen LogP) is 5.80. The van der Waals surface area contributed by atoms with E-state index >= 15 is 0 Å². The molecule has 0 aliphatic heterocycles. The topological polar surface area (TPSA) is 37.3 Å². The van der Waals surface area contributed by atoms with Gasteiger partial charge in [-0.1, -0.05) is 84.5 Å². The van der Waals surface area contributed by atoms with Crippen LogP contribution in [-0.4, -0.2) is 11.1 Å². The van der Waals surface area contributed by atoms with Crippen molar-refractivity contribution in [2.75, 3.05) is 0 Å². The van der Waals surface area contributed by atoms with Crippen LogP contribution in [-0.2, 0) is 4.79 Å². The molecule has 0 spiro atoms. The molecule has 0 saturated heterocycles. The van der Waals surface area contributed by atoms with Gasteiger partial charge in [0.05, 0.1) is 0 Å². The van der Waals surface area contributed by atoms with Crippen LogP contribution in [0.4, 0.5) is 0 Å². The Kier molecular flexibility index (Phi) is 13.5. The SMILES string of the molecule is CCCCCC[C@@H](C)CCCCCCCCC(=O)O. The van der Waals surface area contributed by atoms with E-state index in [4.69, 9.17) is 5.11 Å². The molecule has 0 heterocycles. The lowest BCUT2D eigenvalue weighted by molar-refractivity contribution is -0.137. The summed E-state index contributed by atoms with van der Waals surface area (Å²) in [7, 11) is 0. The van der Waals surface area contributed by atoms with Gasteiger partial charge in [-0.3, -0.25) is 4.79 Å². The van der Waals surface area contributed by atoms with E-state index in [2.05, 4.69) is 13.8 Å². The van der Waals surface area contributed by atoms with Gasteiger partial charge in [-0.2, -0.15) is 0 Å². The molecule has 1 atom stereocenters. The molecular formula is C17H34O2. The van der Waals surface area contributed by atoms with Gasteiger partial charge in [0.2, 0.25) is 0 Å². The Morgan fingerprint density at radius 3 is 1.84 bits per heavy atom. The van der Waals surface area contributed by atoms with Crippen molar-refractivity contribution in [1.29, 1.82) is 0 Å². The molecular weight excluding hydrogens is 236 g/mol. The minimum absolute atomic E-state index is 0.342. The van der Waals surface area contributed by atoms with Crippen LogP contribution in [0.25, 0.3) is 0 Å². The molecule has 0 aromatic heterocycles. The van der Waals surface area contributed by atoms with Crippen LogP contribution >= 0.6 is 0 Å². The molecule has 2 nitrogen and oxygen atoms in total. The minimum Gasteiger partial charge on any atom is -0.481 e. The third-order valence-corrected chi connectivity index (χ3v) is 3.89. The molecule has 114 valence electrons. The smallest absolute Gasteiger partial charge is 0.303 e. The zero-order valence-electron chi connectivity index (χ0n) is 13.1. The maximum absolute atomic E-state index is 10.3.